The van der Waals surface area contributed by atoms with Crippen molar-refractivity contribution in [3.63, 3.8) is 0 Å². The maximum absolute atomic E-state index is 11.7. The van der Waals surface area contributed by atoms with E-state index in [0.717, 1.165) is 56.2 Å². The van der Waals surface area contributed by atoms with Crippen molar-refractivity contribution in [2.24, 2.45) is 0 Å². The summed E-state index contributed by atoms with van der Waals surface area (Å²) < 4.78 is 5.62. The normalized spacial score (nSPS) is 10.2. The van der Waals surface area contributed by atoms with Gasteiger partial charge in [0.25, 0.3) is 0 Å². The van der Waals surface area contributed by atoms with Gasteiger partial charge in [-0.15, -0.1) is 0 Å². The quantitative estimate of drug-likeness (QED) is 0.461. The molecule has 0 aliphatic carbocycles. The van der Waals surface area contributed by atoms with Crippen molar-refractivity contribution in [2.45, 2.75) is 58.3 Å². The number of benzene rings is 1. The summed E-state index contributed by atoms with van der Waals surface area (Å²) in [4.78, 5) is 21.9. The fourth-order valence-corrected chi connectivity index (χ4v) is 2.09. The minimum atomic E-state index is 0.0669. The van der Waals surface area contributed by atoms with E-state index in [1.807, 2.05) is 24.3 Å². The molecule has 1 aromatic carbocycles. The van der Waals surface area contributed by atoms with Gasteiger partial charge in [-0.2, -0.15) is 0 Å². The number of unbranched alkanes of at least 4 members (excludes halogenated alkanes) is 5. The van der Waals surface area contributed by atoms with E-state index in [2.05, 4.69) is 12.2 Å². The molecule has 4 heteroatoms. The molecule has 1 rings (SSSR count). The molecule has 1 aromatic rings. The molecule has 0 fully saturated rings. The summed E-state index contributed by atoms with van der Waals surface area (Å²) in [6, 6.07) is 7.46. The lowest BCUT2D eigenvalue weighted by Crippen LogP contribution is -2.10. The fraction of sp³-hybridized carbons (Fsp3) is 0.556. The minimum Gasteiger partial charge on any atom is -0.494 e. The molecule has 0 spiro atoms. The Morgan fingerprint density at radius 1 is 1.09 bits per heavy atom. The van der Waals surface area contributed by atoms with E-state index in [1.54, 1.807) is 0 Å². The van der Waals surface area contributed by atoms with Crippen LogP contribution in [0.2, 0.25) is 0 Å². The van der Waals surface area contributed by atoms with Gasteiger partial charge in [0.15, 0.2) is 0 Å². The van der Waals surface area contributed by atoms with E-state index in [1.165, 1.54) is 0 Å². The molecule has 0 saturated carbocycles. The lowest BCUT2D eigenvalue weighted by atomic mass is 10.2. The van der Waals surface area contributed by atoms with Crippen LogP contribution in [-0.4, -0.2) is 18.8 Å². The van der Waals surface area contributed by atoms with E-state index in [9.17, 15) is 9.59 Å². The van der Waals surface area contributed by atoms with Crippen LogP contribution in [0.4, 0.5) is 5.69 Å². The van der Waals surface area contributed by atoms with Gasteiger partial charge in [0.05, 0.1) is 6.61 Å². The largest absolute Gasteiger partial charge is 0.494 e. The summed E-state index contributed by atoms with van der Waals surface area (Å²) >= 11 is 0. The van der Waals surface area contributed by atoms with Crippen LogP contribution in [0.5, 0.6) is 5.75 Å². The molecule has 0 aliphatic heterocycles. The molecule has 0 aliphatic rings. The van der Waals surface area contributed by atoms with E-state index < -0.39 is 0 Å². The average Bonchev–Trinajstić information content (AvgIpc) is 2.52. The first-order chi connectivity index (χ1) is 10.8. The molecule has 0 unspecified atom stereocenters. The van der Waals surface area contributed by atoms with Crippen LogP contribution in [0, 0.1) is 0 Å². The van der Waals surface area contributed by atoms with Gasteiger partial charge in [-0.05, 0) is 49.9 Å². The summed E-state index contributed by atoms with van der Waals surface area (Å²) in [5.74, 6) is 0.872. The Morgan fingerprint density at radius 2 is 1.86 bits per heavy atom. The standard InChI is InChI=1S/C18H27NO3/c1-2-3-6-9-18(21)19-16-10-12-17(13-11-16)22-15-8-5-4-7-14-20/h10-14H,2-9,15H2,1H3,(H,19,21). The van der Waals surface area contributed by atoms with Crippen LogP contribution in [-0.2, 0) is 9.59 Å². The summed E-state index contributed by atoms with van der Waals surface area (Å²) in [5, 5.41) is 2.89. The number of nitrogens with one attached hydrogen (secondary N) is 1. The number of hydrogen-bond acceptors (Lipinski definition) is 3. The second-order valence-electron chi connectivity index (χ2n) is 5.39. The molecule has 22 heavy (non-hydrogen) atoms. The van der Waals surface area contributed by atoms with Gasteiger partial charge in [0.1, 0.15) is 12.0 Å². The van der Waals surface area contributed by atoms with Crippen molar-refractivity contribution < 1.29 is 14.3 Å². The van der Waals surface area contributed by atoms with Gasteiger partial charge < -0.3 is 14.8 Å². The van der Waals surface area contributed by atoms with E-state index in [0.29, 0.717) is 19.4 Å². The van der Waals surface area contributed by atoms with Crippen molar-refractivity contribution in [3.05, 3.63) is 24.3 Å². The molecular formula is C18H27NO3. The highest BCUT2D eigenvalue weighted by Gasteiger charge is 2.02. The predicted octanol–water partition coefficient (Wildman–Crippen LogP) is 4.34. The number of rotatable bonds is 12. The van der Waals surface area contributed by atoms with Crippen LogP contribution in [0.3, 0.4) is 0 Å². The fourth-order valence-electron chi connectivity index (χ4n) is 2.09. The molecule has 1 N–H and O–H groups in total. The van der Waals surface area contributed by atoms with Crippen molar-refractivity contribution in [3.8, 4) is 5.75 Å². The molecule has 1 amide bonds. The topological polar surface area (TPSA) is 55.4 Å². The zero-order chi connectivity index (χ0) is 16.0. The van der Waals surface area contributed by atoms with Gasteiger partial charge in [-0.3, -0.25) is 4.79 Å². The Kier molecular flexibility index (Phi) is 9.75. The number of carbonyl (C=O) groups excluding carboxylic acids is 2. The Hall–Kier alpha value is -1.84. The first kappa shape index (κ1) is 18.2. The van der Waals surface area contributed by atoms with Gasteiger partial charge in [-0.1, -0.05) is 19.8 Å². The number of anilines is 1. The first-order valence-corrected chi connectivity index (χ1v) is 8.22. The highest BCUT2D eigenvalue weighted by atomic mass is 16.5. The Balaban J connectivity index is 2.22. The van der Waals surface area contributed by atoms with Crippen LogP contribution in [0.1, 0.15) is 58.3 Å². The second-order valence-corrected chi connectivity index (χ2v) is 5.39. The third-order valence-electron chi connectivity index (χ3n) is 3.38. The Morgan fingerprint density at radius 3 is 2.55 bits per heavy atom. The Labute approximate surface area is 133 Å². The molecule has 0 heterocycles. The van der Waals surface area contributed by atoms with E-state index >= 15 is 0 Å². The maximum Gasteiger partial charge on any atom is 0.224 e. The van der Waals surface area contributed by atoms with Crippen LogP contribution in [0.15, 0.2) is 24.3 Å². The number of aldehydes is 1. The molecule has 0 radical (unpaired) electrons. The third-order valence-corrected chi connectivity index (χ3v) is 3.38. The summed E-state index contributed by atoms with van der Waals surface area (Å²) in [5.41, 5.74) is 0.805. The van der Waals surface area contributed by atoms with Gasteiger partial charge >= 0.3 is 0 Å². The number of ether oxygens (including phenoxy) is 1. The van der Waals surface area contributed by atoms with Crippen LogP contribution >= 0.6 is 0 Å². The van der Waals surface area contributed by atoms with E-state index in [4.69, 9.17) is 4.74 Å². The number of amides is 1. The average molecular weight is 305 g/mol. The van der Waals surface area contributed by atoms with E-state index in [-0.39, 0.29) is 5.91 Å². The van der Waals surface area contributed by atoms with Crippen LogP contribution in [0.25, 0.3) is 0 Å². The van der Waals surface area contributed by atoms with Crippen LogP contribution < -0.4 is 10.1 Å². The molecular weight excluding hydrogens is 278 g/mol. The summed E-state index contributed by atoms with van der Waals surface area (Å²) in [6.07, 6.45) is 8.19. The van der Waals surface area contributed by atoms with Gasteiger partial charge in [0, 0.05) is 18.5 Å². The first-order valence-electron chi connectivity index (χ1n) is 8.22. The number of hydrogen-bond donors (Lipinski definition) is 1. The minimum absolute atomic E-state index is 0.0669. The molecule has 4 nitrogen and oxygen atoms in total. The summed E-state index contributed by atoms with van der Waals surface area (Å²) in [7, 11) is 0. The zero-order valence-electron chi connectivity index (χ0n) is 13.5. The van der Waals surface area contributed by atoms with Gasteiger partial charge in [-0.25, -0.2) is 0 Å². The lowest BCUT2D eigenvalue weighted by molar-refractivity contribution is -0.116. The maximum atomic E-state index is 11.7. The highest BCUT2D eigenvalue weighted by molar-refractivity contribution is 5.90. The SMILES string of the molecule is CCCCCC(=O)Nc1ccc(OCCCCCC=O)cc1. The lowest BCUT2D eigenvalue weighted by Gasteiger charge is -2.08. The van der Waals surface area contributed by atoms with Crippen molar-refractivity contribution in [1.82, 2.24) is 0 Å². The Bertz CT molecular complexity index is 428. The second kappa shape index (κ2) is 11.8. The molecule has 0 saturated heterocycles. The van der Waals surface area contributed by atoms with Gasteiger partial charge in [0.2, 0.25) is 5.91 Å². The monoisotopic (exact) mass is 305 g/mol. The smallest absolute Gasteiger partial charge is 0.224 e. The molecule has 0 atom stereocenters. The predicted molar refractivity (Wildman–Crippen MR) is 89.2 cm³/mol. The third kappa shape index (κ3) is 8.45. The zero-order valence-corrected chi connectivity index (χ0v) is 13.5. The number of carbonyl (C=O) groups is 2. The molecule has 122 valence electrons. The molecule has 0 bridgehead atoms. The van der Waals surface area contributed by atoms with Crippen molar-refractivity contribution in [2.75, 3.05) is 11.9 Å². The summed E-state index contributed by atoms with van der Waals surface area (Å²) in [6.45, 7) is 2.78. The van der Waals surface area contributed by atoms with Crippen molar-refractivity contribution >= 4 is 17.9 Å². The van der Waals surface area contributed by atoms with Crippen molar-refractivity contribution in [1.29, 1.82) is 0 Å². The highest BCUT2D eigenvalue weighted by Crippen LogP contribution is 2.16. The molecule has 0 aromatic heterocycles.